The molecule has 0 amide bonds. The van der Waals surface area contributed by atoms with Crippen LogP contribution in [0.3, 0.4) is 0 Å². The van der Waals surface area contributed by atoms with Gasteiger partial charge in [0.1, 0.15) is 6.61 Å². The predicted octanol–water partition coefficient (Wildman–Crippen LogP) is 4.60. The van der Waals surface area contributed by atoms with Crippen molar-refractivity contribution < 1.29 is 9.47 Å². The molecule has 1 atom stereocenters. The Morgan fingerprint density at radius 1 is 1.31 bits per heavy atom. The van der Waals surface area contributed by atoms with Crippen LogP contribution in [0.2, 0.25) is 0 Å². The molecule has 0 bridgehead atoms. The molecular weight excluding hydrogens is 402 g/mol. The van der Waals surface area contributed by atoms with Gasteiger partial charge >= 0.3 is 0 Å². The van der Waals surface area contributed by atoms with Crippen molar-refractivity contribution in [3.63, 3.8) is 0 Å². The summed E-state index contributed by atoms with van der Waals surface area (Å²) in [5.74, 6) is 1.16. The Balaban J connectivity index is 1.69. The number of aromatic nitrogens is 4. The molecule has 1 aliphatic rings. The minimum absolute atomic E-state index is 0.105. The van der Waals surface area contributed by atoms with Crippen molar-refractivity contribution in [1.82, 2.24) is 19.7 Å². The SMILES string of the molecule is CC/C=C(\C=NC)c1cccc(-c2ncc(-c3cnn(C)c3)c(OCC3CCCO3)n2)c1. The lowest BCUT2D eigenvalue weighted by atomic mass is 10.0. The maximum absolute atomic E-state index is 6.16. The van der Waals surface area contributed by atoms with Crippen LogP contribution in [0, 0.1) is 0 Å². The number of hydrogen-bond donors (Lipinski definition) is 0. The molecule has 32 heavy (non-hydrogen) atoms. The second-order valence-electron chi connectivity index (χ2n) is 7.80. The molecule has 7 nitrogen and oxygen atoms in total. The van der Waals surface area contributed by atoms with Crippen molar-refractivity contribution >= 4 is 11.8 Å². The third-order valence-electron chi connectivity index (χ3n) is 5.35. The van der Waals surface area contributed by atoms with Crippen molar-refractivity contribution in [3.05, 3.63) is 54.5 Å². The van der Waals surface area contributed by atoms with Crippen LogP contribution in [0.15, 0.2) is 53.9 Å². The van der Waals surface area contributed by atoms with E-state index in [-0.39, 0.29) is 6.10 Å². The van der Waals surface area contributed by atoms with Gasteiger partial charge in [-0.1, -0.05) is 31.2 Å². The van der Waals surface area contributed by atoms with Crippen molar-refractivity contribution in [2.75, 3.05) is 20.3 Å². The van der Waals surface area contributed by atoms with Gasteiger partial charge in [-0.05, 0) is 36.5 Å². The number of allylic oxidation sites excluding steroid dienone is 2. The van der Waals surface area contributed by atoms with E-state index >= 15 is 0 Å². The Bertz CT molecular complexity index is 1110. The van der Waals surface area contributed by atoms with E-state index in [1.165, 1.54) is 0 Å². The molecule has 3 heterocycles. The van der Waals surface area contributed by atoms with Gasteiger partial charge in [0.25, 0.3) is 0 Å². The molecule has 166 valence electrons. The third-order valence-corrected chi connectivity index (χ3v) is 5.35. The third kappa shape index (κ3) is 5.11. The number of benzene rings is 1. The van der Waals surface area contributed by atoms with Crippen molar-refractivity contribution in [2.45, 2.75) is 32.3 Å². The average Bonchev–Trinajstić information content (AvgIpc) is 3.49. The van der Waals surface area contributed by atoms with E-state index in [2.05, 4.69) is 40.2 Å². The van der Waals surface area contributed by atoms with Gasteiger partial charge in [-0.15, -0.1) is 0 Å². The van der Waals surface area contributed by atoms with Crippen LogP contribution in [0.1, 0.15) is 31.7 Å². The minimum Gasteiger partial charge on any atom is -0.474 e. The van der Waals surface area contributed by atoms with Gasteiger partial charge in [0.2, 0.25) is 5.88 Å². The maximum Gasteiger partial charge on any atom is 0.225 e. The number of aliphatic imine (C=N–C) groups is 1. The normalized spacial score (nSPS) is 16.7. The van der Waals surface area contributed by atoms with Gasteiger partial charge in [-0.3, -0.25) is 9.67 Å². The number of hydrogen-bond acceptors (Lipinski definition) is 6. The maximum atomic E-state index is 6.16. The molecule has 0 N–H and O–H groups in total. The quantitative estimate of drug-likeness (QED) is 0.488. The van der Waals surface area contributed by atoms with Crippen LogP contribution in [0.5, 0.6) is 5.88 Å². The van der Waals surface area contributed by atoms with Gasteiger partial charge in [-0.2, -0.15) is 10.1 Å². The van der Waals surface area contributed by atoms with Crippen LogP contribution in [-0.2, 0) is 11.8 Å². The first-order valence-corrected chi connectivity index (χ1v) is 11.0. The molecule has 0 spiro atoms. The summed E-state index contributed by atoms with van der Waals surface area (Å²) in [6.07, 6.45) is 12.7. The zero-order chi connectivity index (χ0) is 22.3. The number of rotatable bonds is 8. The summed E-state index contributed by atoms with van der Waals surface area (Å²) in [5.41, 5.74) is 4.83. The zero-order valence-electron chi connectivity index (χ0n) is 18.9. The number of aryl methyl sites for hydroxylation is 1. The highest BCUT2D eigenvalue weighted by atomic mass is 16.5. The highest BCUT2D eigenvalue weighted by Gasteiger charge is 2.19. The Morgan fingerprint density at radius 2 is 2.22 bits per heavy atom. The summed E-state index contributed by atoms with van der Waals surface area (Å²) in [5, 5.41) is 4.28. The Labute approximate surface area is 188 Å². The summed E-state index contributed by atoms with van der Waals surface area (Å²) in [6, 6.07) is 8.19. The topological polar surface area (TPSA) is 74.4 Å². The molecule has 1 saturated heterocycles. The fraction of sp³-hybridized carbons (Fsp3) is 0.360. The van der Waals surface area contributed by atoms with Crippen molar-refractivity contribution in [3.8, 4) is 28.4 Å². The van der Waals surface area contributed by atoms with E-state index in [0.29, 0.717) is 18.3 Å². The molecule has 7 heteroatoms. The molecule has 2 aromatic heterocycles. The van der Waals surface area contributed by atoms with Crippen LogP contribution in [-0.4, -0.2) is 52.3 Å². The van der Waals surface area contributed by atoms with Crippen LogP contribution < -0.4 is 4.74 Å². The largest absolute Gasteiger partial charge is 0.474 e. The Kier molecular flexibility index (Phi) is 7.07. The fourth-order valence-electron chi connectivity index (χ4n) is 3.76. The Morgan fingerprint density at radius 3 is 2.94 bits per heavy atom. The molecule has 1 fully saturated rings. The summed E-state index contributed by atoms with van der Waals surface area (Å²) < 4.78 is 13.6. The van der Waals surface area contributed by atoms with Crippen molar-refractivity contribution in [1.29, 1.82) is 0 Å². The van der Waals surface area contributed by atoms with Gasteiger partial charge < -0.3 is 9.47 Å². The molecule has 0 saturated carbocycles. The summed E-state index contributed by atoms with van der Waals surface area (Å²) in [4.78, 5) is 13.7. The van der Waals surface area contributed by atoms with Crippen LogP contribution in [0.4, 0.5) is 0 Å². The monoisotopic (exact) mass is 431 g/mol. The van der Waals surface area contributed by atoms with E-state index < -0.39 is 0 Å². The summed E-state index contributed by atoms with van der Waals surface area (Å²) in [6.45, 7) is 3.38. The lowest BCUT2D eigenvalue weighted by molar-refractivity contribution is 0.0665. The zero-order valence-corrected chi connectivity index (χ0v) is 18.9. The van der Waals surface area contributed by atoms with Gasteiger partial charge in [0.15, 0.2) is 5.82 Å². The highest BCUT2D eigenvalue weighted by molar-refractivity contribution is 6.10. The van der Waals surface area contributed by atoms with E-state index in [4.69, 9.17) is 14.5 Å². The molecular formula is C25H29N5O2. The number of ether oxygens (including phenoxy) is 2. The standard InChI is InChI=1S/C25H29N5O2/c1-4-7-20(13-26-2)18-8-5-9-19(12-18)24-27-15-23(21-14-28-30(3)16-21)25(29-24)32-17-22-10-6-11-31-22/h5,7-9,12-16,22H,4,6,10-11,17H2,1-3H3/b20-7+,26-13?. The molecule has 1 aromatic carbocycles. The molecule has 0 radical (unpaired) electrons. The Hall–Kier alpha value is -3.32. The van der Waals surface area contributed by atoms with Gasteiger partial charge in [0.05, 0.1) is 17.9 Å². The molecule has 4 rings (SSSR count). The average molecular weight is 432 g/mol. The van der Waals surface area contributed by atoms with Crippen LogP contribution in [0.25, 0.3) is 28.1 Å². The molecule has 1 aliphatic heterocycles. The first kappa shape index (κ1) is 21.9. The van der Waals surface area contributed by atoms with Crippen LogP contribution >= 0.6 is 0 Å². The minimum atomic E-state index is 0.105. The van der Waals surface area contributed by atoms with E-state index in [1.54, 1.807) is 17.9 Å². The van der Waals surface area contributed by atoms with Gasteiger partial charge in [0, 0.05) is 50.4 Å². The predicted molar refractivity (Wildman–Crippen MR) is 127 cm³/mol. The van der Waals surface area contributed by atoms with E-state index in [1.807, 2.05) is 37.8 Å². The second kappa shape index (κ2) is 10.3. The first-order chi connectivity index (χ1) is 15.7. The molecule has 0 aliphatic carbocycles. The molecule has 3 aromatic rings. The van der Waals surface area contributed by atoms with Crippen molar-refractivity contribution in [2.24, 2.45) is 12.0 Å². The van der Waals surface area contributed by atoms with E-state index in [0.717, 1.165) is 53.7 Å². The van der Waals surface area contributed by atoms with Gasteiger partial charge in [-0.25, -0.2) is 4.98 Å². The number of nitrogens with zero attached hydrogens (tertiary/aromatic N) is 5. The summed E-state index contributed by atoms with van der Waals surface area (Å²) in [7, 11) is 3.67. The molecule has 1 unspecified atom stereocenters. The smallest absolute Gasteiger partial charge is 0.225 e. The highest BCUT2D eigenvalue weighted by Crippen LogP contribution is 2.31. The summed E-state index contributed by atoms with van der Waals surface area (Å²) >= 11 is 0. The first-order valence-electron chi connectivity index (χ1n) is 11.0. The lowest BCUT2D eigenvalue weighted by Gasteiger charge is -2.14. The lowest BCUT2D eigenvalue weighted by Crippen LogP contribution is -2.17. The fourth-order valence-corrected chi connectivity index (χ4v) is 3.76. The van der Waals surface area contributed by atoms with E-state index in [9.17, 15) is 0 Å². The second-order valence-corrected chi connectivity index (χ2v) is 7.80.